The maximum Gasteiger partial charge on any atom is 0.340 e. The molecule has 0 bridgehead atoms. The van der Waals surface area contributed by atoms with Gasteiger partial charge >= 0.3 is 11.9 Å². The first-order valence-corrected chi connectivity index (χ1v) is 6.38. The minimum atomic E-state index is -0.505. The molecule has 1 heterocycles. The predicted molar refractivity (Wildman–Crippen MR) is 73.7 cm³/mol. The standard InChI is InChI=1S/C13H14BrNO4/c1-4-19-11(16)6-5-9-10(14)7-15-8(2)12(9)13(17)18-3/h5-7H,4H2,1-3H3/b6-5+. The number of rotatable bonds is 4. The first kappa shape index (κ1) is 15.4. The average molecular weight is 328 g/mol. The Morgan fingerprint density at radius 3 is 2.74 bits per heavy atom. The Balaban J connectivity index is 3.22. The summed E-state index contributed by atoms with van der Waals surface area (Å²) in [5.41, 5.74) is 1.38. The fourth-order valence-corrected chi connectivity index (χ4v) is 1.90. The average Bonchev–Trinajstić information content (AvgIpc) is 2.39. The largest absolute Gasteiger partial charge is 0.465 e. The van der Waals surface area contributed by atoms with Crippen LogP contribution in [0.1, 0.15) is 28.5 Å². The van der Waals surface area contributed by atoms with Crippen LogP contribution < -0.4 is 0 Å². The van der Waals surface area contributed by atoms with Crippen molar-refractivity contribution in [3.05, 3.63) is 33.6 Å². The van der Waals surface area contributed by atoms with E-state index < -0.39 is 11.9 Å². The first-order chi connectivity index (χ1) is 9.01. The summed E-state index contributed by atoms with van der Waals surface area (Å²) >= 11 is 3.29. The molecule has 0 saturated carbocycles. The summed E-state index contributed by atoms with van der Waals surface area (Å²) in [6.07, 6.45) is 4.32. The maximum absolute atomic E-state index is 11.7. The number of carbonyl (C=O) groups is 2. The Morgan fingerprint density at radius 1 is 1.47 bits per heavy atom. The van der Waals surface area contributed by atoms with Crippen LogP contribution >= 0.6 is 15.9 Å². The molecular weight excluding hydrogens is 314 g/mol. The molecule has 0 aliphatic rings. The predicted octanol–water partition coefficient (Wildman–Crippen LogP) is 2.52. The molecule has 0 aliphatic heterocycles. The molecule has 0 atom stereocenters. The van der Waals surface area contributed by atoms with Crippen LogP contribution in [0.5, 0.6) is 0 Å². The minimum absolute atomic E-state index is 0.295. The van der Waals surface area contributed by atoms with Gasteiger partial charge in [0.25, 0.3) is 0 Å². The van der Waals surface area contributed by atoms with Crippen molar-refractivity contribution in [3.63, 3.8) is 0 Å². The molecule has 19 heavy (non-hydrogen) atoms. The molecule has 0 unspecified atom stereocenters. The fraction of sp³-hybridized carbons (Fsp3) is 0.308. The van der Waals surface area contributed by atoms with Gasteiger partial charge in [-0.1, -0.05) is 0 Å². The van der Waals surface area contributed by atoms with Gasteiger partial charge in [0.05, 0.1) is 25.0 Å². The lowest BCUT2D eigenvalue weighted by Crippen LogP contribution is -2.09. The third kappa shape index (κ3) is 3.89. The van der Waals surface area contributed by atoms with E-state index in [0.717, 1.165) is 0 Å². The Bertz CT molecular complexity index is 526. The van der Waals surface area contributed by atoms with E-state index in [2.05, 4.69) is 20.9 Å². The topological polar surface area (TPSA) is 65.5 Å². The quantitative estimate of drug-likeness (QED) is 0.628. The van der Waals surface area contributed by atoms with Crippen molar-refractivity contribution in [3.8, 4) is 0 Å². The maximum atomic E-state index is 11.7. The number of hydrogen-bond donors (Lipinski definition) is 0. The van der Waals surface area contributed by atoms with Gasteiger partial charge in [-0.05, 0) is 35.9 Å². The Labute approximate surface area is 119 Å². The molecule has 102 valence electrons. The van der Waals surface area contributed by atoms with E-state index in [1.165, 1.54) is 19.3 Å². The van der Waals surface area contributed by atoms with Crippen molar-refractivity contribution < 1.29 is 19.1 Å². The van der Waals surface area contributed by atoms with Crippen molar-refractivity contribution >= 4 is 33.9 Å². The number of aryl methyl sites for hydroxylation is 1. The highest BCUT2D eigenvalue weighted by atomic mass is 79.9. The van der Waals surface area contributed by atoms with Crippen LogP contribution in [0.4, 0.5) is 0 Å². The molecule has 0 spiro atoms. The second-order valence-corrected chi connectivity index (χ2v) is 4.41. The van der Waals surface area contributed by atoms with Gasteiger partial charge in [0.1, 0.15) is 0 Å². The summed E-state index contributed by atoms with van der Waals surface area (Å²) < 4.78 is 10.1. The molecule has 5 nitrogen and oxygen atoms in total. The van der Waals surface area contributed by atoms with Crippen molar-refractivity contribution in [2.45, 2.75) is 13.8 Å². The second kappa shape index (κ2) is 7.04. The number of methoxy groups -OCH3 is 1. The number of nitrogens with zero attached hydrogens (tertiary/aromatic N) is 1. The van der Waals surface area contributed by atoms with E-state index >= 15 is 0 Å². The molecule has 1 aromatic heterocycles. The number of halogens is 1. The van der Waals surface area contributed by atoms with E-state index in [9.17, 15) is 9.59 Å². The van der Waals surface area contributed by atoms with E-state index in [1.54, 1.807) is 20.0 Å². The SMILES string of the molecule is CCOC(=O)/C=C/c1c(Br)cnc(C)c1C(=O)OC. The zero-order valence-electron chi connectivity index (χ0n) is 10.9. The fourth-order valence-electron chi connectivity index (χ4n) is 1.47. The van der Waals surface area contributed by atoms with Crippen LogP contribution in [0.3, 0.4) is 0 Å². The van der Waals surface area contributed by atoms with Gasteiger partial charge in [-0.15, -0.1) is 0 Å². The lowest BCUT2D eigenvalue weighted by molar-refractivity contribution is -0.137. The number of ether oxygens (including phenoxy) is 2. The number of hydrogen-bond acceptors (Lipinski definition) is 5. The van der Waals surface area contributed by atoms with E-state index in [1.807, 2.05) is 0 Å². The van der Waals surface area contributed by atoms with E-state index in [-0.39, 0.29) is 0 Å². The van der Waals surface area contributed by atoms with Crippen molar-refractivity contribution in [1.82, 2.24) is 4.98 Å². The van der Waals surface area contributed by atoms with Gasteiger partial charge in [-0.3, -0.25) is 4.98 Å². The highest BCUT2D eigenvalue weighted by molar-refractivity contribution is 9.10. The Hall–Kier alpha value is -1.69. The smallest absolute Gasteiger partial charge is 0.340 e. The van der Waals surface area contributed by atoms with Gasteiger partial charge in [0.2, 0.25) is 0 Å². The molecule has 0 aliphatic carbocycles. The molecule has 6 heteroatoms. The monoisotopic (exact) mass is 327 g/mol. The zero-order chi connectivity index (χ0) is 14.4. The number of aromatic nitrogens is 1. The van der Waals surface area contributed by atoms with Crippen LogP contribution in [0.25, 0.3) is 6.08 Å². The second-order valence-electron chi connectivity index (χ2n) is 3.56. The number of esters is 2. The van der Waals surface area contributed by atoms with Crippen molar-refractivity contribution in [2.24, 2.45) is 0 Å². The molecule has 0 N–H and O–H groups in total. The van der Waals surface area contributed by atoms with Gasteiger partial charge in [-0.2, -0.15) is 0 Å². The summed E-state index contributed by atoms with van der Waals surface area (Å²) in [4.78, 5) is 27.1. The molecule has 0 fully saturated rings. The molecule has 0 aromatic carbocycles. The molecule has 1 aromatic rings. The lowest BCUT2D eigenvalue weighted by Gasteiger charge is -2.08. The van der Waals surface area contributed by atoms with Gasteiger partial charge in [0, 0.05) is 22.3 Å². The van der Waals surface area contributed by atoms with E-state index in [4.69, 9.17) is 9.47 Å². The summed E-state index contributed by atoms with van der Waals surface area (Å²) in [6, 6.07) is 0. The third-order valence-corrected chi connectivity index (χ3v) is 2.95. The first-order valence-electron chi connectivity index (χ1n) is 5.59. The molecule has 0 amide bonds. The normalized spacial score (nSPS) is 10.5. The van der Waals surface area contributed by atoms with Crippen LogP contribution in [-0.2, 0) is 14.3 Å². The van der Waals surface area contributed by atoms with Crippen molar-refractivity contribution in [2.75, 3.05) is 13.7 Å². The summed E-state index contributed by atoms with van der Waals surface area (Å²) in [6.45, 7) is 3.71. The number of pyridine rings is 1. The summed E-state index contributed by atoms with van der Waals surface area (Å²) in [5, 5.41) is 0. The Morgan fingerprint density at radius 2 is 2.16 bits per heavy atom. The minimum Gasteiger partial charge on any atom is -0.465 e. The highest BCUT2D eigenvalue weighted by Gasteiger charge is 2.17. The molecule has 1 rings (SSSR count). The van der Waals surface area contributed by atoms with Crippen LogP contribution in [0.2, 0.25) is 0 Å². The number of carbonyl (C=O) groups excluding carboxylic acids is 2. The van der Waals surface area contributed by atoms with E-state index in [0.29, 0.717) is 27.9 Å². The molecule has 0 radical (unpaired) electrons. The molecule has 0 saturated heterocycles. The lowest BCUT2D eigenvalue weighted by atomic mass is 10.1. The Kier molecular flexibility index (Phi) is 5.69. The van der Waals surface area contributed by atoms with Gasteiger partial charge in [0.15, 0.2) is 0 Å². The van der Waals surface area contributed by atoms with Gasteiger partial charge in [-0.25, -0.2) is 9.59 Å². The van der Waals surface area contributed by atoms with Crippen molar-refractivity contribution in [1.29, 1.82) is 0 Å². The summed E-state index contributed by atoms with van der Waals surface area (Å²) in [5.74, 6) is -0.977. The van der Waals surface area contributed by atoms with Crippen LogP contribution in [0, 0.1) is 6.92 Å². The van der Waals surface area contributed by atoms with Crippen LogP contribution in [-0.4, -0.2) is 30.6 Å². The highest BCUT2D eigenvalue weighted by Crippen LogP contribution is 2.24. The zero-order valence-corrected chi connectivity index (χ0v) is 12.5. The summed E-state index contributed by atoms with van der Waals surface area (Å²) in [7, 11) is 1.29. The molecular formula is C13H14BrNO4. The third-order valence-electron chi connectivity index (χ3n) is 2.32. The van der Waals surface area contributed by atoms with Gasteiger partial charge < -0.3 is 9.47 Å². The van der Waals surface area contributed by atoms with Crippen LogP contribution in [0.15, 0.2) is 16.7 Å².